The van der Waals surface area contributed by atoms with E-state index >= 15 is 0 Å². The monoisotopic (exact) mass is 248 g/mol. The van der Waals surface area contributed by atoms with E-state index in [9.17, 15) is 9.59 Å². The van der Waals surface area contributed by atoms with Gasteiger partial charge in [0, 0.05) is 26.7 Å². The molecule has 0 bridgehead atoms. The summed E-state index contributed by atoms with van der Waals surface area (Å²) in [4.78, 5) is 26.1. The summed E-state index contributed by atoms with van der Waals surface area (Å²) in [5, 5.41) is 0. The van der Waals surface area contributed by atoms with Gasteiger partial charge in [0.05, 0.1) is 6.54 Å². The Labute approximate surface area is 108 Å². The molecule has 2 amide bonds. The van der Waals surface area contributed by atoms with E-state index in [4.69, 9.17) is 0 Å². The summed E-state index contributed by atoms with van der Waals surface area (Å²) in [7, 11) is 3.34. The van der Waals surface area contributed by atoms with Gasteiger partial charge in [-0.05, 0) is 37.1 Å². The van der Waals surface area contributed by atoms with Gasteiger partial charge < -0.3 is 9.80 Å². The van der Waals surface area contributed by atoms with E-state index in [0.29, 0.717) is 0 Å². The molecule has 0 fully saturated rings. The molecule has 0 N–H and O–H groups in total. The summed E-state index contributed by atoms with van der Waals surface area (Å²) < 4.78 is 0. The molecule has 1 rings (SSSR count). The van der Waals surface area contributed by atoms with Crippen LogP contribution in [0.3, 0.4) is 0 Å². The third-order valence-electron chi connectivity index (χ3n) is 3.16. The largest absolute Gasteiger partial charge is 0.337 e. The van der Waals surface area contributed by atoms with Crippen molar-refractivity contribution in [3.8, 4) is 0 Å². The molecule has 1 aromatic carbocycles. The van der Waals surface area contributed by atoms with E-state index in [1.165, 1.54) is 17.4 Å². The van der Waals surface area contributed by atoms with E-state index in [-0.39, 0.29) is 18.4 Å². The van der Waals surface area contributed by atoms with Gasteiger partial charge in [-0.1, -0.05) is 6.07 Å². The molecule has 0 spiro atoms. The summed E-state index contributed by atoms with van der Waals surface area (Å²) in [6.07, 6.45) is 0. The molecule has 0 atom stereocenters. The average molecular weight is 248 g/mol. The topological polar surface area (TPSA) is 40.6 Å². The van der Waals surface area contributed by atoms with E-state index in [1.54, 1.807) is 19.0 Å². The van der Waals surface area contributed by atoms with Gasteiger partial charge in [0.1, 0.15) is 0 Å². The Bertz CT molecular complexity index is 469. The predicted molar refractivity (Wildman–Crippen MR) is 72.6 cm³/mol. The fourth-order valence-corrected chi connectivity index (χ4v) is 1.50. The lowest BCUT2D eigenvalue weighted by atomic mass is 10.1. The van der Waals surface area contributed by atoms with Gasteiger partial charge in [-0.3, -0.25) is 9.59 Å². The third-order valence-corrected chi connectivity index (χ3v) is 3.16. The highest BCUT2D eigenvalue weighted by molar-refractivity contribution is 5.96. The number of likely N-dealkylation sites (N-methyl/N-ethyl adjacent to an activating group) is 2. The predicted octanol–water partition coefficient (Wildman–Crippen LogP) is 1.74. The minimum absolute atomic E-state index is 0.0960. The van der Waals surface area contributed by atoms with Crippen molar-refractivity contribution < 1.29 is 9.59 Å². The number of carbonyl (C=O) groups excluding carboxylic acids is 2. The SMILES string of the molecule is CC(=O)N(C)CC(=O)N(C)c1ccc(C)c(C)c1. The molecule has 18 heavy (non-hydrogen) atoms. The van der Waals surface area contributed by atoms with Crippen LogP contribution >= 0.6 is 0 Å². The maximum absolute atomic E-state index is 12.0. The summed E-state index contributed by atoms with van der Waals surface area (Å²) in [6, 6.07) is 5.87. The highest BCUT2D eigenvalue weighted by atomic mass is 16.2. The summed E-state index contributed by atoms with van der Waals surface area (Å²) in [5.41, 5.74) is 3.19. The van der Waals surface area contributed by atoms with E-state index in [2.05, 4.69) is 0 Å². The second-order valence-electron chi connectivity index (χ2n) is 4.60. The zero-order chi connectivity index (χ0) is 13.9. The molecule has 98 valence electrons. The minimum Gasteiger partial charge on any atom is -0.337 e. The molecule has 0 heterocycles. The normalized spacial score (nSPS) is 10.1. The smallest absolute Gasteiger partial charge is 0.246 e. The van der Waals surface area contributed by atoms with Crippen molar-refractivity contribution in [1.29, 1.82) is 0 Å². The second kappa shape index (κ2) is 5.67. The Morgan fingerprint density at radius 1 is 1.11 bits per heavy atom. The zero-order valence-corrected chi connectivity index (χ0v) is 11.7. The van der Waals surface area contributed by atoms with Crippen LogP contribution in [-0.2, 0) is 9.59 Å². The lowest BCUT2D eigenvalue weighted by Gasteiger charge is -2.22. The minimum atomic E-state index is -0.114. The van der Waals surface area contributed by atoms with Crippen LogP contribution in [0.25, 0.3) is 0 Å². The summed E-state index contributed by atoms with van der Waals surface area (Å²) in [6.45, 7) is 5.59. The van der Waals surface area contributed by atoms with Gasteiger partial charge in [0.25, 0.3) is 0 Å². The van der Waals surface area contributed by atoms with E-state index < -0.39 is 0 Å². The van der Waals surface area contributed by atoms with Crippen LogP contribution < -0.4 is 4.90 Å². The van der Waals surface area contributed by atoms with Crippen molar-refractivity contribution in [1.82, 2.24) is 4.90 Å². The molecule has 4 heteroatoms. The molecule has 0 aromatic heterocycles. The Hall–Kier alpha value is -1.84. The second-order valence-corrected chi connectivity index (χ2v) is 4.60. The van der Waals surface area contributed by atoms with Crippen LogP contribution in [0.4, 0.5) is 5.69 Å². The van der Waals surface area contributed by atoms with E-state index in [1.807, 2.05) is 32.0 Å². The molecule has 0 saturated carbocycles. The van der Waals surface area contributed by atoms with Crippen molar-refractivity contribution in [3.05, 3.63) is 29.3 Å². The van der Waals surface area contributed by atoms with Gasteiger partial charge >= 0.3 is 0 Å². The number of amides is 2. The Balaban J connectivity index is 2.80. The van der Waals surface area contributed by atoms with Gasteiger partial charge in [0.15, 0.2) is 0 Å². The quantitative estimate of drug-likeness (QED) is 0.817. The highest BCUT2D eigenvalue weighted by Crippen LogP contribution is 2.17. The lowest BCUT2D eigenvalue weighted by molar-refractivity contribution is -0.132. The molecule has 0 aliphatic heterocycles. The number of rotatable bonds is 3. The fourth-order valence-electron chi connectivity index (χ4n) is 1.50. The van der Waals surface area contributed by atoms with Crippen LogP contribution in [0.1, 0.15) is 18.1 Å². The fraction of sp³-hybridized carbons (Fsp3) is 0.429. The van der Waals surface area contributed by atoms with Crippen molar-refractivity contribution in [3.63, 3.8) is 0 Å². The van der Waals surface area contributed by atoms with E-state index in [0.717, 1.165) is 11.3 Å². The van der Waals surface area contributed by atoms with Crippen molar-refractivity contribution >= 4 is 17.5 Å². The van der Waals surface area contributed by atoms with Crippen LogP contribution in [-0.4, -0.2) is 37.4 Å². The maximum Gasteiger partial charge on any atom is 0.246 e. The van der Waals surface area contributed by atoms with Crippen molar-refractivity contribution in [2.24, 2.45) is 0 Å². The lowest BCUT2D eigenvalue weighted by Crippen LogP contribution is -2.38. The molecule has 0 unspecified atom stereocenters. The molecule has 1 aromatic rings. The number of nitrogens with zero attached hydrogens (tertiary/aromatic N) is 2. The van der Waals surface area contributed by atoms with Gasteiger partial charge in [0.2, 0.25) is 11.8 Å². The number of benzene rings is 1. The number of hydrogen-bond acceptors (Lipinski definition) is 2. The highest BCUT2D eigenvalue weighted by Gasteiger charge is 2.15. The Kier molecular flexibility index (Phi) is 4.48. The Morgan fingerprint density at radius 3 is 2.22 bits per heavy atom. The van der Waals surface area contributed by atoms with Crippen molar-refractivity contribution in [2.75, 3.05) is 25.5 Å². The zero-order valence-electron chi connectivity index (χ0n) is 11.7. The number of hydrogen-bond donors (Lipinski definition) is 0. The summed E-state index contributed by atoms with van der Waals surface area (Å²) in [5.74, 6) is -0.215. The van der Waals surface area contributed by atoms with Crippen LogP contribution in [0.15, 0.2) is 18.2 Å². The number of anilines is 1. The molecular weight excluding hydrogens is 228 g/mol. The molecule has 0 aliphatic carbocycles. The molecule has 4 nitrogen and oxygen atoms in total. The first-order chi connectivity index (χ1) is 8.32. The molecule has 0 aliphatic rings. The van der Waals surface area contributed by atoms with Gasteiger partial charge in [-0.2, -0.15) is 0 Å². The van der Waals surface area contributed by atoms with Gasteiger partial charge in [-0.25, -0.2) is 0 Å². The molecular formula is C14H20N2O2. The average Bonchev–Trinajstić information content (AvgIpc) is 2.31. The van der Waals surface area contributed by atoms with Crippen LogP contribution in [0, 0.1) is 13.8 Å². The standard InChI is InChI=1S/C14H20N2O2/c1-10-6-7-13(8-11(10)2)16(5)14(18)9-15(4)12(3)17/h6-8H,9H2,1-5H3. The third kappa shape index (κ3) is 3.32. The van der Waals surface area contributed by atoms with Gasteiger partial charge in [-0.15, -0.1) is 0 Å². The maximum atomic E-state index is 12.0. The Morgan fingerprint density at radius 2 is 1.72 bits per heavy atom. The van der Waals surface area contributed by atoms with Crippen LogP contribution in [0.5, 0.6) is 0 Å². The number of aryl methyl sites for hydroxylation is 2. The molecule has 0 radical (unpaired) electrons. The van der Waals surface area contributed by atoms with Crippen LogP contribution in [0.2, 0.25) is 0 Å². The van der Waals surface area contributed by atoms with Crippen molar-refractivity contribution in [2.45, 2.75) is 20.8 Å². The summed E-state index contributed by atoms with van der Waals surface area (Å²) >= 11 is 0. The molecule has 0 saturated heterocycles. The first kappa shape index (κ1) is 14.2. The number of carbonyl (C=O) groups is 2. The first-order valence-corrected chi connectivity index (χ1v) is 5.88. The first-order valence-electron chi connectivity index (χ1n) is 5.88.